The van der Waals surface area contributed by atoms with Gasteiger partial charge in [0.1, 0.15) is 11.1 Å². The molecule has 0 radical (unpaired) electrons. The van der Waals surface area contributed by atoms with Crippen LogP contribution in [0.3, 0.4) is 0 Å². The molecule has 0 saturated carbocycles. The fourth-order valence-electron chi connectivity index (χ4n) is 2.41. The van der Waals surface area contributed by atoms with Gasteiger partial charge in [0.15, 0.2) is 0 Å². The van der Waals surface area contributed by atoms with Crippen LogP contribution < -0.4 is 9.64 Å². The van der Waals surface area contributed by atoms with Crippen LogP contribution in [0.4, 0.5) is 5.69 Å². The van der Waals surface area contributed by atoms with Gasteiger partial charge in [0, 0.05) is 10.0 Å². The van der Waals surface area contributed by atoms with E-state index in [0.29, 0.717) is 27.2 Å². The van der Waals surface area contributed by atoms with Crippen LogP contribution in [-0.4, -0.2) is 18.8 Å². The topological polar surface area (TPSA) is 29.5 Å². The third-order valence-corrected chi connectivity index (χ3v) is 5.12. The molecular formula is C16H13Cl2NO2S. The van der Waals surface area contributed by atoms with E-state index in [1.54, 1.807) is 42.0 Å². The Bertz CT molecular complexity index is 706. The van der Waals surface area contributed by atoms with Gasteiger partial charge in [-0.3, -0.25) is 9.69 Å². The van der Waals surface area contributed by atoms with E-state index in [4.69, 9.17) is 27.9 Å². The number of thioether (sulfide) groups is 1. The molecular weight excluding hydrogens is 341 g/mol. The Balaban J connectivity index is 2.05. The van der Waals surface area contributed by atoms with Crippen LogP contribution in [0, 0.1) is 0 Å². The van der Waals surface area contributed by atoms with Crippen LogP contribution in [0.5, 0.6) is 5.75 Å². The van der Waals surface area contributed by atoms with Crippen LogP contribution >= 0.6 is 35.0 Å². The maximum atomic E-state index is 12.4. The number of nitrogens with zero attached hydrogens (tertiary/aromatic N) is 1. The van der Waals surface area contributed by atoms with E-state index in [1.807, 2.05) is 24.3 Å². The highest BCUT2D eigenvalue weighted by atomic mass is 35.5. The zero-order valence-corrected chi connectivity index (χ0v) is 14.1. The first-order valence-corrected chi connectivity index (χ1v) is 8.43. The van der Waals surface area contributed by atoms with Gasteiger partial charge in [-0.2, -0.15) is 0 Å². The first kappa shape index (κ1) is 15.5. The van der Waals surface area contributed by atoms with E-state index in [1.165, 1.54) is 0 Å². The standard InChI is InChI=1S/C16H13Cl2NO2S/c1-21-14-7-6-12(18)8-13(14)19-15(20)9-22-16(19)10-2-4-11(17)5-3-10/h2-8,16H,9H2,1H3/t16-/m0/s1. The lowest BCUT2D eigenvalue weighted by Gasteiger charge is -2.26. The molecule has 0 spiro atoms. The number of hydrogen-bond acceptors (Lipinski definition) is 3. The lowest BCUT2D eigenvalue weighted by Crippen LogP contribution is -2.28. The minimum absolute atomic E-state index is 0.0329. The largest absolute Gasteiger partial charge is 0.495 e. The number of carbonyl (C=O) groups is 1. The summed E-state index contributed by atoms with van der Waals surface area (Å²) in [7, 11) is 1.58. The van der Waals surface area contributed by atoms with E-state index < -0.39 is 0 Å². The van der Waals surface area contributed by atoms with Crippen molar-refractivity contribution in [3.05, 3.63) is 58.1 Å². The third kappa shape index (κ3) is 2.91. The van der Waals surface area contributed by atoms with Crippen LogP contribution in [-0.2, 0) is 4.79 Å². The van der Waals surface area contributed by atoms with Gasteiger partial charge in [-0.05, 0) is 35.9 Å². The number of anilines is 1. The van der Waals surface area contributed by atoms with Gasteiger partial charge in [-0.25, -0.2) is 0 Å². The molecule has 1 fully saturated rings. The SMILES string of the molecule is COc1ccc(Cl)cc1N1C(=O)CS[C@H]1c1ccc(Cl)cc1. The number of rotatable bonds is 3. The molecule has 22 heavy (non-hydrogen) atoms. The number of halogens is 2. The first-order valence-electron chi connectivity index (χ1n) is 6.63. The molecule has 1 atom stereocenters. The molecule has 1 heterocycles. The van der Waals surface area contributed by atoms with E-state index in [-0.39, 0.29) is 11.3 Å². The van der Waals surface area contributed by atoms with Gasteiger partial charge in [0.25, 0.3) is 0 Å². The molecule has 0 bridgehead atoms. The van der Waals surface area contributed by atoms with Crippen molar-refractivity contribution in [1.29, 1.82) is 0 Å². The van der Waals surface area contributed by atoms with Crippen LogP contribution in [0.2, 0.25) is 10.0 Å². The summed E-state index contributed by atoms with van der Waals surface area (Å²) >= 11 is 13.6. The Labute approximate surface area is 143 Å². The number of amides is 1. The van der Waals surface area contributed by atoms with Crippen LogP contribution in [0.25, 0.3) is 0 Å². The summed E-state index contributed by atoms with van der Waals surface area (Å²) < 4.78 is 5.38. The molecule has 1 amide bonds. The van der Waals surface area contributed by atoms with Gasteiger partial charge in [-0.15, -0.1) is 11.8 Å². The molecule has 3 rings (SSSR count). The average molecular weight is 354 g/mol. The third-order valence-electron chi connectivity index (χ3n) is 3.42. The average Bonchev–Trinajstić information content (AvgIpc) is 2.89. The zero-order valence-electron chi connectivity index (χ0n) is 11.8. The molecule has 2 aromatic carbocycles. The summed E-state index contributed by atoms with van der Waals surface area (Å²) in [6.45, 7) is 0. The molecule has 1 aliphatic rings. The highest BCUT2D eigenvalue weighted by Gasteiger charge is 2.35. The number of ether oxygens (including phenoxy) is 1. The molecule has 3 nitrogen and oxygen atoms in total. The first-order chi connectivity index (χ1) is 10.6. The molecule has 0 aromatic heterocycles. The maximum absolute atomic E-state index is 12.4. The summed E-state index contributed by atoms with van der Waals surface area (Å²) in [6.07, 6.45) is 0. The van der Waals surface area contributed by atoms with E-state index in [0.717, 1.165) is 5.56 Å². The van der Waals surface area contributed by atoms with Gasteiger partial charge in [0.2, 0.25) is 5.91 Å². The van der Waals surface area contributed by atoms with Crippen molar-refractivity contribution in [2.45, 2.75) is 5.37 Å². The molecule has 0 unspecified atom stereocenters. The van der Waals surface area contributed by atoms with Crippen molar-refractivity contribution in [2.24, 2.45) is 0 Å². The summed E-state index contributed by atoms with van der Waals surface area (Å²) in [4.78, 5) is 14.1. The van der Waals surface area contributed by atoms with Crippen molar-refractivity contribution in [3.63, 3.8) is 0 Å². The van der Waals surface area contributed by atoms with Crippen molar-refractivity contribution in [3.8, 4) is 5.75 Å². The Morgan fingerprint density at radius 1 is 1.14 bits per heavy atom. The Morgan fingerprint density at radius 3 is 2.50 bits per heavy atom. The number of hydrogen-bond donors (Lipinski definition) is 0. The second-order valence-corrected chi connectivity index (χ2v) is 6.74. The monoisotopic (exact) mass is 353 g/mol. The predicted molar refractivity (Wildman–Crippen MR) is 92.1 cm³/mol. The lowest BCUT2D eigenvalue weighted by atomic mass is 10.2. The molecule has 6 heteroatoms. The summed E-state index contributed by atoms with van der Waals surface area (Å²) in [5, 5.41) is 1.12. The van der Waals surface area contributed by atoms with Gasteiger partial charge >= 0.3 is 0 Å². The highest BCUT2D eigenvalue weighted by molar-refractivity contribution is 8.00. The Morgan fingerprint density at radius 2 is 1.82 bits per heavy atom. The quantitative estimate of drug-likeness (QED) is 0.794. The summed E-state index contributed by atoms with van der Waals surface area (Å²) in [5.41, 5.74) is 1.70. The second kappa shape index (κ2) is 6.41. The van der Waals surface area contributed by atoms with Gasteiger partial charge < -0.3 is 4.74 Å². The Hall–Kier alpha value is -1.36. The number of carbonyl (C=O) groups excluding carboxylic acids is 1. The number of methoxy groups -OCH3 is 1. The number of benzene rings is 2. The molecule has 1 saturated heterocycles. The minimum atomic E-state index is -0.114. The fourth-order valence-corrected chi connectivity index (χ4v) is 3.87. The van der Waals surface area contributed by atoms with Gasteiger partial charge in [-0.1, -0.05) is 35.3 Å². The highest BCUT2D eigenvalue weighted by Crippen LogP contribution is 2.45. The van der Waals surface area contributed by atoms with Crippen molar-refractivity contribution in [1.82, 2.24) is 0 Å². The van der Waals surface area contributed by atoms with Crippen molar-refractivity contribution >= 4 is 46.6 Å². The minimum Gasteiger partial charge on any atom is -0.495 e. The van der Waals surface area contributed by atoms with Crippen LogP contribution in [0.1, 0.15) is 10.9 Å². The normalized spacial score (nSPS) is 17.9. The van der Waals surface area contributed by atoms with Crippen molar-refractivity contribution in [2.75, 3.05) is 17.8 Å². The predicted octanol–water partition coefficient (Wildman–Crippen LogP) is 4.78. The molecule has 2 aromatic rings. The fraction of sp³-hybridized carbons (Fsp3) is 0.188. The summed E-state index contributed by atoms with van der Waals surface area (Å²) in [6, 6.07) is 12.8. The molecule has 114 valence electrons. The van der Waals surface area contributed by atoms with E-state index in [9.17, 15) is 4.79 Å². The summed E-state index contributed by atoms with van der Waals surface area (Å²) in [5.74, 6) is 1.08. The van der Waals surface area contributed by atoms with Crippen molar-refractivity contribution < 1.29 is 9.53 Å². The van der Waals surface area contributed by atoms with Crippen LogP contribution in [0.15, 0.2) is 42.5 Å². The molecule has 1 aliphatic heterocycles. The van der Waals surface area contributed by atoms with E-state index in [2.05, 4.69) is 0 Å². The maximum Gasteiger partial charge on any atom is 0.238 e. The molecule has 0 aliphatic carbocycles. The molecule has 0 N–H and O–H groups in total. The Kier molecular flexibility index (Phi) is 4.52. The second-order valence-electron chi connectivity index (χ2n) is 4.79. The van der Waals surface area contributed by atoms with Gasteiger partial charge in [0.05, 0.1) is 18.6 Å². The lowest BCUT2D eigenvalue weighted by molar-refractivity contribution is -0.115. The zero-order chi connectivity index (χ0) is 15.7. The smallest absolute Gasteiger partial charge is 0.238 e. The van der Waals surface area contributed by atoms with E-state index >= 15 is 0 Å².